The number of anilines is 4. The molecule has 7 N–H and O–H groups in total. The van der Waals surface area contributed by atoms with Gasteiger partial charge in [-0.1, -0.05) is 79.1 Å². The van der Waals surface area contributed by atoms with Crippen LogP contribution < -0.4 is 32.3 Å². The normalized spacial score (nSPS) is 22.6. The Hall–Kier alpha value is -7.91. The van der Waals surface area contributed by atoms with Gasteiger partial charge in [0.05, 0.1) is 43.7 Å². The van der Waals surface area contributed by atoms with E-state index in [1.165, 1.54) is 21.8 Å². The standard InChI is InChI=1S/C62H70F2N17O14P3S2/c63-49-55-44(93-61(49)79-35-73-52-57(65)69-33-71-59(52)79)31-91-98(88,95-56-43(30-90-96(86)94-55)92-62(50(56)64)80-36-74-53-58(66)70-34-72-60(53)80)100-32-37-21-23-39(24-22-37)75-47(84)28-68-46(83)18-4-3-12-26-81-54-40-15-6-5-14-38(40)29-78(42-17-8-7-16-41(42)51(54)76-77-81)48(85)20-10-9-19-45(82)67-25-11-1-2-13-27-89-97(87)99/h5-8,14-17,21-24,33-36,43-44,49-50,55-56,61-62H,1-4,9-13,18-20,25-32H2,(H6-2,65,66,67,68,69,70,71,72,75,82,83,84,87,99)/p+2/t43-,44-,49-,50-,55-,56-,61-,62-,98?/m1/s1. The van der Waals surface area contributed by atoms with Crippen LogP contribution in [0.2, 0.25) is 0 Å². The molecule has 11 atom stereocenters. The third-order valence-corrected chi connectivity index (χ3v) is 22.3. The fourth-order valence-electron chi connectivity index (χ4n) is 12.1. The fraction of sp³-hybridized carbons (Fsp3) is 0.452. The third-order valence-electron chi connectivity index (χ3n) is 17.1. The number of imidazole rings is 2. The maximum absolute atomic E-state index is 17.0. The number of rotatable bonds is 27. The maximum Gasteiger partial charge on any atom is 0.697 e. The number of halogens is 2. The topological polar surface area (TPSA) is 393 Å². The van der Waals surface area contributed by atoms with Crippen LogP contribution in [0.5, 0.6) is 0 Å². The summed E-state index contributed by atoms with van der Waals surface area (Å²) in [7, 11) is -5.03. The Kier molecular flexibility index (Phi) is 23.9. The van der Waals surface area contributed by atoms with Crippen molar-refractivity contribution in [3.8, 4) is 22.5 Å². The van der Waals surface area contributed by atoms with Gasteiger partial charge in [-0.15, -0.1) is 18.7 Å². The summed E-state index contributed by atoms with van der Waals surface area (Å²) < 4.78 is 118. The number of ether oxygens (including phenoxy) is 2. The number of amides is 4. The number of alkyl halides is 2. The minimum absolute atomic E-state index is 0.0177. The summed E-state index contributed by atoms with van der Waals surface area (Å²) in [5, 5.41) is 17.7. The summed E-state index contributed by atoms with van der Waals surface area (Å²) in [6.45, 7) is -4.46. The van der Waals surface area contributed by atoms with Crippen LogP contribution in [0.1, 0.15) is 101 Å². The zero-order chi connectivity index (χ0) is 69.9. The zero-order valence-electron chi connectivity index (χ0n) is 53.7. The average Bonchev–Trinajstić information content (AvgIpc) is 1.50. The number of nitrogens with zero attached hydrogens (tertiary/aromatic N) is 12. The molecule has 4 amide bonds. The number of hydrogen-bond acceptors (Lipinski definition) is 25. The molecule has 31 nitrogen and oxygen atoms in total. The predicted octanol–water partition coefficient (Wildman–Crippen LogP) is 9.75. The molecule has 4 aliphatic rings. The first kappa shape index (κ1) is 71.9. The fourth-order valence-corrected chi connectivity index (χ4v) is 16.8. The number of fused-ring (bicyclic) bond motifs is 9. The summed E-state index contributed by atoms with van der Waals surface area (Å²) >= 11 is 4.41. The van der Waals surface area contributed by atoms with Crippen LogP contribution in [0.3, 0.4) is 0 Å². The smallest absolute Gasteiger partial charge is 0.382 e. The molecule has 3 unspecified atom stereocenters. The van der Waals surface area contributed by atoms with Crippen molar-refractivity contribution in [2.75, 3.05) is 54.6 Å². The molecule has 0 bridgehead atoms. The van der Waals surface area contributed by atoms with Gasteiger partial charge in [-0.25, -0.2) is 47.9 Å². The number of unbranched alkanes of at least 4 members (excludes halogenated alkanes) is 6. The Morgan fingerprint density at radius 2 is 1.36 bits per heavy atom. The highest BCUT2D eigenvalue weighted by molar-refractivity contribution is 8.54. The number of para-hydroxylation sites is 1. The van der Waals surface area contributed by atoms with Crippen LogP contribution >= 0.6 is 45.9 Å². The summed E-state index contributed by atoms with van der Waals surface area (Å²) in [6, 6.07) is 22.0. The lowest BCUT2D eigenvalue weighted by molar-refractivity contribution is -0.124. The molecule has 0 aliphatic carbocycles. The predicted molar refractivity (Wildman–Crippen MR) is 366 cm³/mol. The first-order chi connectivity index (χ1) is 48.5. The van der Waals surface area contributed by atoms with Crippen LogP contribution in [0.25, 0.3) is 44.8 Å². The van der Waals surface area contributed by atoms with Gasteiger partial charge in [0.1, 0.15) is 73.2 Å². The lowest BCUT2D eigenvalue weighted by Crippen LogP contribution is -2.36. The monoisotopic (exact) mass is 1470 g/mol. The molecular weight excluding hydrogens is 1400 g/mol. The first-order valence-corrected chi connectivity index (χ1v) is 39.0. The number of aromatic nitrogens is 11. The molecule has 3 fully saturated rings. The number of carbonyl (C=O) groups is 4. The van der Waals surface area contributed by atoms with Crippen molar-refractivity contribution in [2.24, 2.45) is 0 Å². The number of benzene rings is 3. The lowest BCUT2D eigenvalue weighted by Gasteiger charge is -2.28. The first-order valence-electron chi connectivity index (χ1n) is 32.4. The van der Waals surface area contributed by atoms with Gasteiger partial charge in [0, 0.05) is 59.5 Å². The molecule has 5 aromatic heterocycles. The number of nitrogens with two attached hydrogens (primary N) is 2. The molecule has 0 spiro atoms. The third kappa shape index (κ3) is 17.2. The van der Waals surface area contributed by atoms with Gasteiger partial charge < -0.3 is 41.8 Å². The maximum atomic E-state index is 17.0. The second-order valence-electron chi connectivity index (χ2n) is 23.9. The number of thiol groups is 1. The molecule has 9 heterocycles. The van der Waals surface area contributed by atoms with Crippen LogP contribution in [0, 0.1) is 0 Å². The molecule has 4 aliphatic heterocycles. The van der Waals surface area contributed by atoms with E-state index >= 15 is 13.3 Å². The second kappa shape index (κ2) is 33.3. The molecule has 0 radical (unpaired) electrons. The Balaban J connectivity index is 0.619. The number of nitrogen functional groups attached to an aromatic ring is 2. The van der Waals surface area contributed by atoms with Crippen LogP contribution in [-0.2, 0) is 83.8 Å². The van der Waals surface area contributed by atoms with E-state index in [0.29, 0.717) is 98.8 Å². The Morgan fingerprint density at radius 1 is 0.730 bits per heavy atom. The Bertz CT molecular complexity index is 4340. The van der Waals surface area contributed by atoms with Gasteiger partial charge in [0.2, 0.25) is 23.6 Å². The van der Waals surface area contributed by atoms with Crippen molar-refractivity contribution in [2.45, 2.75) is 145 Å². The average molecular weight is 1470 g/mol. The summed E-state index contributed by atoms with van der Waals surface area (Å²) in [5.41, 5.74) is 18.2. The van der Waals surface area contributed by atoms with Gasteiger partial charge in [-0.05, 0) is 83.8 Å². The minimum atomic E-state index is -4.58. The van der Waals surface area contributed by atoms with Crippen molar-refractivity contribution < 1.29 is 73.7 Å². The van der Waals surface area contributed by atoms with Gasteiger partial charge in [-0.3, -0.25) is 37.4 Å². The Labute approximate surface area is 581 Å². The molecule has 38 heteroatoms. The molecule has 100 heavy (non-hydrogen) atoms. The van der Waals surface area contributed by atoms with E-state index in [1.807, 2.05) is 53.2 Å². The highest BCUT2D eigenvalue weighted by Gasteiger charge is 2.56. The SMILES string of the molecule is Nc1ncnc2c1ncn2[C@@H]1O[C@@H]2COP(=O)(SCc3ccc(NC(=O)CNC(=O)CCCCCn4nnc5c4-c4ccccc4CN(C(=O)CCCCC(=O)NCCCCCCO[P+](=O)S)c4ccccc4-5)cc3)O[C@H]3[C@@H](F)[C@H](n4cnc5c(N)ncnc54)O[C@@H]3CO[P+](=O)O[C@H]2[C@H]1F. The second-order valence-corrected chi connectivity index (χ2v) is 30.6. The van der Waals surface area contributed by atoms with Gasteiger partial charge in [0.15, 0.2) is 53.8 Å². The number of carbonyl (C=O) groups excluding carboxylic acids is 4. The quantitative estimate of drug-likeness (QED) is 0.0158. The van der Waals surface area contributed by atoms with E-state index in [4.69, 9.17) is 43.6 Å². The van der Waals surface area contributed by atoms with Crippen LogP contribution in [0.4, 0.5) is 31.8 Å². The van der Waals surface area contributed by atoms with E-state index in [2.05, 4.69) is 68.4 Å². The number of nitrogens with one attached hydrogen (secondary N) is 3. The molecule has 0 saturated carbocycles. The largest absolute Gasteiger partial charge is 0.697 e. The van der Waals surface area contributed by atoms with Crippen molar-refractivity contribution in [3.63, 3.8) is 0 Å². The van der Waals surface area contributed by atoms with E-state index < -0.39 is 90.6 Å². The highest BCUT2D eigenvalue weighted by atomic mass is 32.7. The molecule has 528 valence electrons. The van der Waals surface area contributed by atoms with Crippen molar-refractivity contribution in [1.29, 1.82) is 0 Å². The lowest BCUT2D eigenvalue weighted by atomic mass is 9.95. The molecule has 3 aromatic carbocycles. The zero-order valence-corrected chi connectivity index (χ0v) is 58.1. The highest BCUT2D eigenvalue weighted by Crippen LogP contribution is 2.64. The summed E-state index contributed by atoms with van der Waals surface area (Å²) in [6.07, 6.45) is -1.48. The van der Waals surface area contributed by atoms with Crippen molar-refractivity contribution in [3.05, 3.63) is 109 Å². The molecule has 3 saturated heterocycles. The van der Waals surface area contributed by atoms with Gasteiger partial charge in [-0.2, -0.15) is 0 Å². The summed E-state index contributed by atoms with van der Waals surface area (Å²) in [4.78, 5) is 79.2. The molecular formula is C62H72F2N17O14P3S2+2. The summed E-state index contributed by atoms with van der Waals surface area (Å²) in [5.74, 6) is -0.962. The van der Waals surface area contributed by atoms with Crippen molar-refractivity contribution in [1.82, 2.24) is 64.7 Å². The van der Waals surface area contributed by atoms with E-state index in [-0.39, 0.29) is 76.8 Å². The number of aryl methyl sites for hydroxylation is 1. The van der Waals surface area contributed by atoms with E-state index in [9.17, 15) is 28.3 Å². The van der Waals surface area contributed by atoms with Crippen LogP contribution in [0.15, 0.2) is 98.1 Å². The molecule has 8 aromatic rings. The number of hydrogen-bond donors (Lipinski definition) is 6. The van der Waals surface area contributed by atoms with Crippen LogP contribution in [-0.4, -0.2) is 147 Å². The van der Waals surface area contributed by atoms with E-state index in [0.717, 1.165) is 60.7 Å². The van der Waals surface area contributed by atoms with E-state index in [1.54, 1.807) is 29.2 Å². The minimum Gasteiger partial charge on any atom is -0.382 e. The molecule has 12 rings (SSSR count). The van der Waals surface area contributed by atoms with Gasteiger partial charge in [0.25, 0.3) is 0 Å². The Morgan fingerprint density at radius 3 is 2.08 bits per heavy atom. The van der Waals surface area contributed by atoms with Gasteiger partial charge >= 0.3 is 22.3 Å². The van der Waals surface area contributed by atoms with Crippen molar-refractivity contribution >= 4 is 115 Å².